The second-order valence-electron chi connectivity index (χ2n) is 7.64. The topological polar surface area (TPSA) is 25.2 Å². The molecule has 0 aliphatic carbocycles. The molecule has 2 aromatic carbocycles. The van der Waals surface area contributed by atoms with Crippen LogP contribution in [-0.2, 0) is 6.54 Å². The van der Waals surface area contributed by atoms with Crippen molar-refractivity contribution in [3.63, 3.8) is 0 Å². The van der Waals surface area contributed by atoms with Crippen molar-refractivity contribution in [1.82, 2.24) is 9.47 Å². The third kappa shape index (κ3) is 3.17. The summed E-state index contributed by atoms with van der Waals surface area (Å²) in [5.74, 6) is 0. The molecule has 27 heavy (non-hydrogen) atoms. The fraction of sp³-hybridized carbons (Fsp3) is 0.348. The Balaban J connectivity index is 1.28. The van der Waals surface area contributed by atoms with E-state index < -0.39 is 0 Å². The van der Waals surface area contributed by atoms with Crippen molar-refractivity contribution in [3.8, 4) is 0 Å². The smallest absolute Gasteiger partial charge is 0.299 e. The average molecular weight is 377 g/mol. The summed E-state index contributed by atoms with van der Waals surface area (Å²) in [7, 11) is 0. The molecule has 0 radical (unpaired) electrons. The van der Waals surface area contributed by atoms with Crippen LogP contribution in [0.2, 0.25) is 0 Å². The molecule has 3 aromatic rings. The predicted molar refractivity (Wildman–Crippen MR) is 113 cm³/mol. The highest BCUT2D eigenvalue weighted by atomic mass is 32.1. The first-order chi connectivity index (χ1) is 13.3. The molecular formula is C23H24N2OS. The molecule has 2 unspecified atom stereocenters. The van der Waals surface area contributed by atoms with Gasteiger partial charge in [-0.3, -0.25) is 14.3 Å². The van der Waals surface area contributed by atoms with Gasteiger partial charge in [-0.2, -0.15) is 0 Å². The van der Waals surface area contributed by atoms with E-state index in [4.69, 9.17) is 0 Å². The number of hydrogen-bond acceptors (Lipinski definition) is 3. The first-order valence-corrected chi connectivity index (χ1v) is 10.7. The lowest BCUT2D eigenvalue weighted by Crippen LogP contribution is -2.39. The minimum Gasteiger partial charge on any atom is -0.299 e. The Bertz CT molecular complexity index is 1030. The van der Waals surface area contributed by atoms with Gasteiger partial charge in [-0.05, 0) is 49.0 Å². The van der Waals surface area contributed by atoms with E-state index in [0.717, 1.165) is 36.1 Å². The van der Waals surface area contributed by atoms with Crippen LogP contribution in [0.3, 0.4) is 0 Å². The first-order valence-electron chi connectivity index (χ1n) is 9.90. The van der Waals surface area contributed by atoms with Crippen molar-refractivity contribution in [2.24, 2.45) is 0 Å². The summed E-state index contributed by atoms with van der Waals surface area (Å²) in [6.07, 6.45) is 7.23. The highest BCUT2D eigenvalue weighted by molar-refractivity contribution is 7.16. The molecule has 1 saturated heterocycles. The first kappa shape index (κ1) is 17.0. The van der Waals surface area contributed by atoms with Gasteiger partial charge in [0.05, 0.1) is 10.2 Å². The largest absolute Gasteiger partial charge is 0.308 e. The number of fused-ring (bicyclic) bond motifs is 3. The fourth-order valence-corrected chi connectivity index (χ4v) is 5.69. The average Bonchev–Trinajstić information content (AvgIpc) is 3.13. The molecule has 3 nitrogen and oxygen atoms in total. The molecule has 0 amide bonds. The molecule has 0 N–H and O–H groups in total. The van der Waals surface area contributed by atoms with E-state index >= 15 is 0 Å². The Kier molecular flexibility index (Phi) is 4.46. The molecular weight excluding hydrogens is 352 g/mol. The van der Waals surface area contributed by atoms with E-state index in [-0.39, 0.29) is 4.87 Å². The maximum absolute atomic E-state index is 12.3. The van der Waals surface area contributed by atoms with Crippen LogP contribution < -0.4 is 4.87 Å². The molecule has 4 heteroatoms. The normalized spacial score (nSPS) is 22.3. The van der Waals surface area contributed by atoms with E-state index in [9.17, 15) is 4.79 Å². The Labute approximate surface area is 163 Å². The second kappa shape index (κ2) is 7.10. The van der Waals surface area contributed by atoms with Crippen LogP contribution in [0.15, 0.2) is 65.5 Å². The van der Waals surface area contributed by atoms with Gasteiger partial charge in [0.1, 0.15) is 0 Å². The standard InChI is InChI=1S/C23H24N2OS/c26-23-25(21-9-4-5-10-22(21)27-23)14-6-13-24-19-11-12-20(24)16-18(15-19)17-7-2-1-3-8-17/h1-5,7-10,15,19-20H,6,11-14,16H2. The maximum Gasteiger partial charge on any atom is 0.308 e. The Morgan fingerprint density at radius 2 is 1.78 bits per heavy atom. The third-order valence-corrected chi connectivity index (χ3v) is 7.02. The van der Waals surface area contributed by atoms with Gasteiger partial charge < -0.3 is 0 Å². The van der Waals surface area contributed by atoms with Crippen molar-refractivity contribution < 1.29 is 0 Å². The predicted octanol–water partition coefficient (Wildman–Crippen LogP) is 4.77. The molecule has 3 heterocycles. The van der Waals surface area contributed by atoms with E-state index in [1.165, 1.54) is 35.3 Å². The molecule has 138 valence electrons. The van der Waals surface area contributed by atoms with Gasteiger partial charge >= 0.3 is 4.87 Å². The lowest BCUT2D eigenvalue weighted by molar-refractivity contribution is 0.206. The number of para-hydroxylation sites is 1. The van der Waals surface area contributed by atoms with Crippen LogP contribution >= 0.6 is 11.3 Å². The number of nitrogens with zero attached hydrogens (tertiary/aromatic N) is 2. The van der Waals surface area contributed by atoms with Crippen molar-refractivity contribution in [1.29, 1.82) is 0 Å². The lowest BCUT2D eigenvalue weighted by atomic mass is 9.94. The summed E-state index contributed by atoms with van der Waals surface area (Å²) >= 11 is 1.36. The highest BCUT2D eigenvalue weighted by Gasteiger charge is 2.36. The molecule has 1 aromatic heterocycles. The van der Waals surface area contributed by atoms with E-state index in [2.05, 4.69) is 47.4 Å². The second-order valence-corrected chi connectivity index (χ2v) is 8.63. The van der Waals surface area contributed by atoms with E-state index in [1.54, 1.807) is 0 Å². The Morgan fingerprint density at radius 1 is 0.963 bits per heavy atom. The van der Waals surface area contributed by atoms with Gasteiger partial charge in [0, 0.05) is 25.2 Å². The number of aromatic nitrogens is 1. The van der Waals surface area contributed by atoms with Crippen LogP contribution in [0.25, 0.3) is 15.8 Å². The zero-order valence-electron chi connectivity index (χ0n) is 15.4. The molecule has 2 aliphatic heterocycles. The third-order valence-electron chi connectivity index (χ3n) is 6.06. The van der Waals surface area contributed by atoms with Crippen LogP contribution in [0.4, 0.5) is 0 Å². The van der Waals surface area contributed by atoms with Crippen molar-refractivity contribution in [3.05, 3.63) is 75.9 Å². The summed E-state index contributed by atoms with van der Waals surface area (Å²) < 4.78 is 3.05. The van der Waals surface area contributed by atoms with Gasteiger partial charge in [-0.15, -0.1) is 0 Å². The van der Waals surface area contributed by atoms with Crippen molar-refractivity contribution >= 4 is 27.1 Å². The number of rotatable bonds is 5. The van der Waals surface area contributed by atoms with Crippen LogP contribution in [0.1, 0.15) is 31.2 Å². The number of aryl methyl sites for hydroxylation is 1. The highest BCUT2D eigenvalue weighted by Crippen LogP contribution is 2.38. The quantitative estimate of drug-likeness (QED) is 0.641. The number of hydrogen-bond donors (Lipinski definition) is 0. The minimum atomic E-state index is 0.170. The molecule has 2 aliphatic rings. The number of thiazole rings is 1. The monoisotopic (exact) mass is 376 g/mol. The van der Waals surface area contributed by atoms with Gasteiger partial charge in [-0.25, -0.2) is 0 Å². The fourth-order valence-electron chi connectivity index (χ4n) is 4.77. The summed E-state index contributed by atoms with van der Waals surface area (Å²) in [4.78, 5) is 15.2. The Morgan fingerprint density at radius 3 is 2.63 bits per heavy atom. The molecule has 2 atom stereocenters. The van der Waals surface area contributed by atoms with Crippen LogP contribution in [0, 0.1) is 0 Å². The minimum absolute atomic E-state index is 0.170. The summed E-state index contributed by atoms with van der Waals surface area (Å²) in [6, 6.07) is 20.2. The summed E-state index contributed by atoms with van der Waals surface area (Å²) in [6.45, 7) is 1.89. The van der Waals surface area contributed by atoms with Crippen LogP contribution in [0.5, 0.6) is 0 Å². The lowest BCUT2D eigenvalue weighted by Gasteiger charge is -2.34. The molecule has 0 saturated carbocycles. The zero-order chi connectivity index (χ0) is 18.2. The van der Waals surface area contributed by atoms with Crippen molar-refractivity contribution in [2.75, 3.05) is 6.54 Å². The van der Waals surface area contributed by atoms with Crippen LogP contribution in [-0.4, -0.2) is 28.1 Å². The Hall–Kier alpha value is -2.17. The van der Waals surface area contributed by atoms with E-state index in [0.29, 0.717) is 12.1 Å². The van der Waals surface area contributed by atoms with Gasteiger partial charge in [0.2, 0.25) is 0 Å². The molecule has 1 fully saturated rings. The van der Waals surface area contributed by atoms with Gasteiger partial charge in [0.25, 0.3) is 0 Å². The van der Waals surface area contributed by atoms with Gasteiger partial charge in [0.15, 0.2) is 0 Å². The molecule has 5 rings (SSSR count). The molecule has 2 bridgehead atoms. The summed E-state index contributed by atoms with van der Waals surface area (Å²) in [5.41, 5.74) is 3.98. The maximum atomic E-state index is 12.3. The SMILES string of the molecule is O=c1sc2ccccc2n1CCCN1C2C=C(c3ccccc3)CC1CC2. The number of benzene rings is 2. The summed E-state index contributed by atoms with van der Waals surface area (Å²) in [5, 5.41) is 0. The van der Waals surface area contributed by atoms with E-state index in [1.807, 2.05) is 22.8 Å². The molecule has 0 spiro atoms. The van der Waals surface area contributed by atoms with Crippen molar-refractivity contribution in [2.45, 2.75) is 44.3 Å². The zero-order valence-corrected chi connectivity index (χ0v) is 16.2. The van der Waals surface area contributed by atoms with Gasteiger partial charge in [-0.1, -0.05) is 59.9 Å².